The van der Waals surface area contributed by atoms with E-state index in [1.165, 1.54) is 11.8 Å². The molecule has 156 valence electrons. The lowest BCUT2D eigenvalue weighted by molar-refractivity contribution is -0.116. The molecule has 8 heteroatoms. The van der Waals surface area contributed by atoms with Crippen molar-refractivity contribution in [2.45, 2.75) is 50.8 Å². The molecule has 0 saturated heterocycles. The Kier molecular flexibility index (Phi) is 6.52. The summed E-state index contributed by atoms with van der Waals surface area (Å²) in [6, 6.07) is 5.54. The quantitative estimate of drug-likeness (QED) is 0.548. The topological polar surface area (TPSA) is 82.5 Å². The van der Waals surface area contributed by atoms with Crippen LogP contribution in [0.5, 0.6) is 11.5 Å². The zero-order chi connectivity index (χ0) is 21.1. The Morgan fingerprint density at radius 3 is 2.72 bits per heavy atom. The number of benzene rings is 1. The molecule has 0 aliphatic carbocycles. The second-order valence-electron chi connectivity index (χ2n) is 7.25. The SMILES string of the molecule is CCCSc1nc(=O)c2c(n1C)NC(=O)C[C@@H]2c1ccc(OC(C)C)c(OC)c1. The molecule has 1 aromatic heterocycles. The van der Waals surface area contributed by atoms with Crippen LogP contribution in [0.1, 0.15) is 50.7 Å². The molecule has 1 N–H and O–H groups in total. The normalized spacial score (nSPS) is 15.8. The highest BCUT2D eigenvalue weighted by Crippen LogP contribution is 2.39. The molecular weight excluding hydrogens is 390 g/mol. The van der Waals surface area contributed by atoms with Crippen molar-refractivity contribution in [1.29, 1.82) is 0 Å². The highest BCUT2D eigenvalue weighted by molar-refractivity contribution is 7.99. The van der Waals surface area contributed by atoms with Crippen molar-refractivity contribution in [3.63, 3.8) is 0 Å². The number of thioether (sulfide) groups is 1. The molecule has 1 aliphatic rings. The summed E-state index contributed by atoms with van der Waals surface area (Å²) >= 11 is 1.51. The Balaban J connectivity index is 2.08. The third kappa shape index (κ3) is 4.42. The zero-order valence-electron chi connectivity index (χ0n) is 17.4. The smallest absolute Gasteiger partial charge is 0.279 e. The van der Waals surface area contributed by atoms with Gasteiger partial charge in [0, 0.05) is 25.1 Å². The molecule has 3 rings (SSSR count). The van der Waals surface area contributed by atoms with Gasteiger partial charge in [0.15, 0.2) is 16.7 Å². The Bertz CT molecular complexity index is 971. The van der Waals surface area contributed by atoms with Crippen LogP contribution >= 0.6 is 11.8 Å². The van der Waals surface area contributed by atoms with Gasteiger partial charge >= 0.3 is 0 Å². The molecule has 0 bridgehead atoms. The van der Waals surface area contributed by atoms with E-state index in [0.29, 0.717) is 28.0 Å². The number of fused-ring (bicyclic) bond motifs is 1. The molecule has 0 saturated carbocycles. The van der Waals surface area contributed by atoms with Gasteiger partial charge < -0.3 is 19.4 Å². The summed E-state index contributed by atoms with van der Waals surface area (Å²) in [6.45, 7) is 5.96. The van der Waals surface area contributed by atoms with E-state index in [1.54, 1.807) is 11.7 Å². The Labute approximate surface area is 174 Å². The van der Waals surface area contributed by atoms with E-state index in [2.05, 4.69) is 17.2 Å². The summed E-state index contributed by atoms with van der Waals surface area (Å²) in [5.41, 5.74) is 1.03. The van der Waals surface area contributed by atoms with Crippen LogP contribution in [0.2, 0.25) is 0 Å². The summed E-state index contributed by atoms with van der Waals surface area (Å²) in [7, 11) is 3.40. The molecule has 0 fully saturated rings. The van der Waals surface area contributed by atoms with E-state index in [-0.39, 0.29) is 24.0 Å². The summed E-state index contributed by atoms with van der Waals surface area (Å²) in [5.74, 6) is 2.05. The van der Waals surface area contributed by atoms with Crippen LogP contribution in [0.15, 0.2) is 28.2 Å². The molecular formula is C21H27N3O4S. The lowest BCUT2D eigenvalue weighted by Crippen LogP contribution is -2.33. The minimum absolute atomic E-state index is 0.00599. The highest BCUT2D eigenvalue weighted by atomic mass is 32.2. The molecule has 29 heavy (non-hydrogen) atoms. The predicted octanol–water partition coefficient (Wildman–Crippen LogP) is 3.55. The van der Waals surface area contributed by atoms with Gasteiger partial charge in [0.05, 0.1) is 18.8 Å². The molecule has 1 atom stereocenters. The van der Waals surface area contributed by atoms with Crippen molar-refractivity contribution >= 4 is 23.5 Å². The van der Waals surface area contributed by atoms with Crippen LogP contribution < -0.4 is 20.3 Å². The van der Waals surface area contributed by atoms with Gasteiger partial charge in [-0.05, 0) is 38.0 Å². The molecule has 2 heterocycles. The Morgan fingerprint density at radius 1 is 1.31 bits per heavy atom. The summed E-state index contributed by atoms with van der Waals surface area (Å²) < 4.78 is 13.1. The summed E-state index contributed by atoms with van der Waals surface area (Å²) in [6.07, 6.45) is 1.15. The standard InChI is InChI=1S/C21H27N3O4S/c1-6-9-29-21-23-20(26)18-14(11-17(25)22-19(18)24(21)4)13-7-8-15(28-12(2)3)16(10-13)27-5/h7-8,10,12,14H,6,9,11H2,1-5H3,(H,22,25)/t14-/m1/s1. The third-order valence-corrected chi connectivity index (χ3v) is 5.92. The maximum atomic E-state index is 12.9. The number of anilines is 1. The van der Waals surface area contributed by atoms with Crippen molar-refractivity contribution in [1.82, 2.24) is 9.55 Å². The second-order valence-corrected chi connectivity index (χ2v) is 8.31. The number of hydrogen-bond acceptors (Lipinski definition) is 6. The van der Waals surface area contributed by atoms with Crippen LogP contribution in [0.25, 0.3) is 0 Å². The van der Waals surface area contributed by atoms with E-state index in [9.17, 15) is 9.59 Å². The van der Waals surface area contributed by atoms with E-state index in [4.69, 9.17) is 9.47 Å². The third-order valence-electron chi connectivity index (χ3n) is 4.69. The van der Waals surface area contributed by atoms with Crippen molar-refractivity contribution in [2.24, 2.45) is 7.05 Å². The van der Waals surface area contributed by atoms with Gasteiger partial charge in [0.25, 0.3) is 5.56 Å². The second kappa shape index (κ2) is 8.90. The molecule has 1 aromatic carbocycles. The monoisotopic (exact) mass is 417 g/mol. The zero-order valence-corrected chi connectivity index (χ0v) is 18.3. The largest absolute Gasteiger partial charge is 0.493 e. The number of methoxy groups -OCH3 is 1. The van der Waals surface area contributed by atoms with Gasteiger partial charge in [-0.25, -0.2) is 0 Å². The fraction of sp³-hybridized carbons (Fsp3) is 0.476. The average molecular weight is 418 g/mol. The molecule has 0 radical (unpaired) electrons. The molecule has 7 nitrogen and oxygen atoms in total. The number of hydrogen-bond donors (Lipinski definition) is 1. The van der Waals surface area contributed by atoms with Crippen molar-refractivity contribution in [3.8, 4) is 11.5 Å². The van der Waals surface area contributed by atoms with Crippen molar-refractivity contribution in [2.75, 3.05) is 18.2 Å². The number of carbonyl (C=O) groups is 1. The number of aromatic nitrogens is 2. The van der Waals surface area contributed by atoms with E-state index >= 15 is 0 Å². The summed E-state index contributed by atoms with van der Waals surface area (Å²) in [4.78, 5) is 29.7. The highest BCUT2D eigenvalue weighted by Gasteiger charge is 2.32. The number of nitrogens with zero attached hydrogens (tertiary/aromatic N) is 2. The first-order valence-electron chi connectivity index (χ1n) is 9.73. The average Bonchev–Trinajstić information content (AvgIpc) is 2.68. The van der Waals surface area contributed by atoms with Gasteiger partial charge in [0.1, 0.15) is 5.82 Å². The van der Waals surface area contributed by atoms with E-state index in [1.807, 2.05) is 39.1 Å². The predicted molar refractivity (Wildman–Crippen MR) is 114 cm³/mol. The molecule has 0 spiro atoms. The van der Waals surface area contributed by atoms with Gasteiger partial charge in [-0.1, -0.05) is 24.8 Å². The van der Waals surface area contributed by atoms with Crippen LogP contribution in [-0.4, -0.2) is 34.4 Å². The van der Waals surface area contributed by atoms with Gasteiger partial charge in [-0.2, -0.15) is 4.98 Å². The van der Waals surface area contributed by atoms with E-state index in [0.717, 1.165) is 17.7 Å². The first kappa shape index (κ1) is 21.2. The number of amides is 1. The van der Waals surface area contributed by atoms with Gasteiger partial charge in [0.2, 0.25) is 5.91 Å². The number of carbonyl (C=O) groups excluding carboxylic acids is 1. The maximum absolute atomic E-state index is 12.9. The Hall–Kier alpha value is -2.48. The van der Waals surface area contributed by atoms with Crippen LogP contribution in [-0.2, 0) is 11.8 Å². The number of rotatable bonds is 7. The number of ether oxygens (including phenoxy) is 2. The van der Waals surface area contributed by atoms with E-state index < -0.39 is 5.92 Å². The first-order chi connectivity index (χ1) is 13.8. The van der Waals surface area contributed by atoms with Crippen LogP contribution in [0.3, 0.4) is 0 Å². The van der Waals surface area contributed by atoms with Crippen molar-refractivity contribution < 1.29 is 14.3 Å². The molecule has 1 aliphatic heterocycles. The fourth-order valence-corrected chi connectivity index (χ4v) is 4.21. The van der Waals surface area contributed by atoms with Crippen LogP contribution in [0.4, 0.5) is 5.82 Å². The van der Waals surface area contributed by atoms with Gasteiger partial charge in [-0.15, -0.1) is 0 Å². The first-order valence-corrected chi connectivity index (χ1v) is 10.7. The Morgan fingerprint density at radius 2 is 2.07 bits per heavy atom. The molecule has 1 amide bonds. The number of nitrogens with one attached hydrogen (secondary N) is 1. The lowest BCUT2D eigenvalue weighted by Gasteiger charge is -2.28. The minimum atomic E-state index is -0.392. The fourth-order valence-electron chi connectivity index (χ4n) is 3.39. The summed E-state index contributed by atoms with van der Waals surface area (Å²) in [5, 5.41) is 3.47. The molecule has 0 unspecified atom stereocenters. The lowest BCUT2D eigenvalue weighted by atomic mass is 9.86. The molecule has 2 aromatic rings. The minimum Gasteiger partial charge on any atom is -0.493 e. The van der Waals surface area contributed by atoms with Crippen LogP contribution in [0, 0.1) is 0 Å². The maximum Gasteiger partial charge on any atom is 0.279 e. The van der Waals surface area contributed by atoms with Gasteiger partial charge in [-0.3, -0.25) is 9.59 Å². The van der Waals surface area contributed by atoms with Crippen molar-refractivity contribution in [3.05, 3.63) is 39.7 Å².